The first-order valence-corrected chi connectivity index (χ1v) is 5.11. The quantitative estimate of drug-likeness (QED) is 0.893. The fourth-order valence-electron chi connectivity index (χ4n) is 1.71. The number of alkyl halides is 3. The zero-order chi connectivity index (χ0) is 13.3. The second kappa shape index (κ2) is 4.29. The van der Waals surface area contributed by atoms with Gasteiger partial charge in [0, 0.05) is 11.6 Å². The normalized spacial score (nSPS) is 11.7. The van der Waals surface area contributed by atoms with Gasteiger partial charge in [-0.25, -0.2) is 0 Å². The predicted octanol–water partition coefficient (Wildman–Crippen LogP) is 2.28. The minimum atomic E-state index is -4.46. The number of nitrogens with two attached hydrogens (primary N) is 1. The van der Waals surface area contributed by atoms with Crippen molar-refractivity contribution in [1.29, 1.82) is 0 Å². The van der Waals surface area contributed by atoms with Gasteiger partial charge in [0.2, 0.25) is 5.91 Å². The third kappa shape index (κ3) is 2.42. The largest absolute Gasteiger partial charge is 0.417 e. The van der Waals surface area contributed by atoms with Gasteiger partial charge < -0.3 is 5.73 Å². The summed E-state index contributed by atoms with van der Waals surface area (Å²) < 4.78 is 37.7. The molecule has 0 atom stereocenters. The second-order valence-corrected chi connectivity index (χ2v) is 3.85. The highest BCUT2D eigenvalue weighted by atomic mass is 19.4. The molecule has 1 amide bonds. The summed E-state index contributed by atoms with van der Waals surface area (Å²) >= 11 is 0. The Kier molecular flexibility index (Phi) is 2.94. The molecule has 3 nitrogen and oxygen atoms in total. The molecule has 0 saturated heterocycles. The van der Waals surface area contributed by atoms with Gasteiger partial charge in [-0.15, -0.1) is 0 Å². The standard InChI is InChI=1S/C12H9F3N2O/c13-12(14,15)8-5-9-7(4-11(16)18)2-1-3-10(9)17-6-8/h1-3,5-6H,4H2,(H2,16,18). The minimum Gasteiger partial charge on any atom is -0.369 e. The third-order valence-electron chi connectivity index (χ3n) is 2.51. The Morgan fingerprint density at radius 1 is 1.33 bits per heavy atom. The van der Waals surface area contributed by atoms with Crippen LogP contribution in [0.25, 0.3) is 10.9 Å². The van der Waals surface area contributed by atoms with Crippen molar-refractivity contribution in [2.75, 3.05) is 0 Å². The van der Waals surface area contributed by atoms with E-state index in [4.69, 9.17) is 5.73 Å². The van der Waals surface area contributed by atoms with E-state index in [1.807, 2.05) is 0 Å². The van der Waals surface area contributed by atoms with Crippen molar-refractivity contribution in [2.45, 2.75) is 12.6 Å². The highest BCUT2D eigenvalue weighted by molar-refractivity contribution is 5.87. The van der Waals surface area contributed by atoms with Crippen molar-refractivity contribution in [3.05, 3.63) is 41.6 Å². The molecule has 0 unspecified atom stereocenters. The molecule has 0 bridgehead atoms. The molecule has 2 N–H and O–H groups in total. The molecule has 0 aliphatic carbocycles. The lowest BCUT2D eigenvalue weighted by atomic mass is 10.0. The molecule has 2 aromatic rings. The summed E-state index contributed by atoms with van der Waals surface area (Å²) in [6.07, 6.45) is -3.79. The SMILES string of the molecule is NC(=O)Cc1cccc2ncc(C(F)(F)F)cc12. The van der Waals surface area contributed by atoms with Gasteiger partial charge in [0.1, 0.15) is 0 Å². The van der Waals surface area contributed by atoms with E-state index in [1.54, 1.807) is 18.2 Å². The van der Waals surface area contributed by atoms with Gasteiger partial charge in [-0.3, -0.25) is 9.78 Å². The summed E-state index contributed by atoms with van der Waals surface area (Å²) in [5.41, 5.74) is 5.06. The number of halogens is 3. The summed E-state index contributed by atoms with van der Waals surface area (Å²) in [7, 11) is 0. The van der Waals surface area contributed by atoms with Crippen LogP contribution in [0.15, 0.2) is 30.5 Å². The summed E-state index contributed by atoms with van der Waals surface area (Å²) in [5, 5.41) is 0.297. The number of hydrogen-bond donors (Lipinski definition) is 1. The summed E-state index contributed by atoms with van der Waals surface area (Å²) in [6, 6.07) is 5.76. The maximum atomic E-state index is 12.6. The summed E-state index contributed by atoms with van der Waals surface area (Å²) in [5.74, 6) is -0.597. The highest BCUT2D eigenvalue weighted by Crippen LogP contribution is 2.31. The number of aromatic nitrogens is 1. The molecule has 0 aliphatic heterocycles. The zero-order valence-corrected chi connectivity index (χ0v) is 9.16. The Morgan fingerprint density at radius 2 is 2.06 bits per heavy atom. The molecule has 0 radical (unpaired) electrons. The van der Waals surface area contributed by atoms with Crippen LogP contribution in [0.2, 0.25) is 0 Å². The average molecular weight is 254 g/mol. The fourth-order valence-corrected chi connectivity index (χ4v) is 1.71. The molecule has 94 valence electrons. The maximum absolute atomic E-state index is 12.6. The van der Waals surface area contributed by atoms with Crippen LogP contribution in [0.4, 0.5) is 13.2 Å². The first-order chi connectivity index (χ1) is 8.38. The number of amides is 1. The van der Waals surface area contributed by atoms with E-state index >= 15 is 0 Å². The van der Waals surface area contributed by atoms with E-state index in [-0.39, 0.29) is 6.42 Å². The van der Waals surface area contributed by atoms with Crippen LogP contribution in [0.1, 0.15) is 11.1 Å². The summed E-state index contributed by atoms with van der Waals surface area (Å²) in [4.78, 5) is 14.6. The molecule has 2 rings (SSSR count). The number of carbonyl (C=O) groups is 1. The van der Waals surface area contributed by atoms with Crippen LogP contribution in [-0.4, -0.2) is 10.9 Å². The number of fused-ring (bicyclic) bond motifs is 1. The number of hydrogen-bond acceptors (Lipinski definition) is 2. The summed E-state index contributed by atoms with van der Waals surface area (Å²) in [6.45, 7) is 0. The highest BCUT2D eigenvalue weighted by Gasteiger charge is 2.31. The number of pyridine rings is 1. The molecular weight excluding hydrogens is 245 g/mol. The molecule has 18 heavy (non-hydrogen) atoms. The van der Waals surface area contributed by atoms with Gasteiger partial charge in [0.15, 0.2) is 0 Å². The zero-order valence-electron chi connectivity index (χ0n) is 9.16. The van der Waals surface area contributed by atoms with E-state index in [1.165, 1.54) is 0 Å². The van der Waals surface area contributed by atoms with Crippen LogP contribution in [0.3, 0.4) is 0 Å². The van der Waals surface area contributed by atoms with Gasteiger partial charge in [-0.1, -0.05) is 12.1 Å². The molecule has 1 aromatic carbocycles. The fraction of sp³-hybridized carbons (Fsp3) is 0.167. The van der Waals surface area contributed by atoms with Gasteiger partial charge in [0.25, 0.3) is 0 Å². The topological polar surface area (TPSA) is 56.0 Å². The second-order valence-electron chi connectivity index (χ2n) is 3.85. The van der Waals surface area contributed by atoms with Crippen molar-refractivity contribution >= 4 is 16.8 Å². The van der Waals surface area contributed by atoms with Crippen molar-refractivity contribution in [1.82, 2.24) is 4.98 Å². The van der Waals surface area contributed by atoms with Gasteiger partial charge >= 0.3 is 6.18 Å². The number of carbonyl (C=O) groups excluding carboxylic acids is 1. The molecule has 0 saturated carbocycles. The van der Waals surface area contributed by atoms with Crippen molar-refractivity contribution in [2.24, 2.45) is 5.73 Å². The molecule has 0 aliphatic rings. The van der Waals surface area contributed by atoms with Gasteiger partial charge in [-0.05, 0) is 17.7 Å². The first kappa shape index (κ1) is 12.3. The van der Waals surface area contributed by atoms with Crippen molar-refractivity contribution in [3.8, 4) is 0 Å². The number of primary amides is 1. The van der Waals surface area contributed by atoms with E-state index in [2.05, 4.69) is 4.98 Å². The van der Waals surface area contributed by atoms with E-state index in [9.17, 15) is 18.0 Å². The van der Waals surface area contributed by atoms with Crippen LogP contribution in [-0.2, 0) is 17.4 Å². The number of rotatable bonds is 2. The molecule has 0 fully saturated rings. The van der Waals surface area contributed by atoms with Crippen molar-refractivity contribution in [3.63, 3.8) is 0 Å². The molecule has 1 aromatic heterocycles. The van der Waals surface area contributed by atoms with Crippen LogP contribution >= 0.6 is 0 Å². The Hall–Kier alpha value is -2.11. The Morgan fingerprint density at radius 3 is 2.67 bits per heavy atom. The Bertz CT molecular complexity index is 608. The monoisotopic (exact) mass is 254 g/mol. The van der Waals surface area contributed by atoms with E-state index < -0.39 is 17.6 Å². The van der Waals surface area contributed by atoms with E-state index in [0.717, 1.165) is 12.3 Å². The van der Waals surface area contributed by atoms with E-state index in [0.29, 0.717) is 16.5 Å². The maximum Gasteiger partial charge on any atom is 0.417 e. The van der Waals surface area contributed by atoms with Crippen LogP contribution in [0.5, 0.6) is 0 Å². The number of nitrogens with zero attached hydrogens (tertiary/aromatic N) is 1. The predicted molar refractivity (Wildman–Crippen MR) is 59.6 cm³/mol. The lowest BCUT2D eigenvalue weighted by Crippen LogP contribution is -2.14. The number of benzene rings is 1. The molecule has 0 spiro atoms. The lowest BCUT2D eigenvalue weighted by Gasteiger charge is -2.09. The third-order valence-corrected chi connectivity index (χ3v) is 2.51. The minimum absolute atomic E-state index is 0.111. The van der Waals surface area contributed by atoms with Gasteiger partial charge in [0.05, 0.1) is 17.5 Å². The Balaban J connectivity index is 2.62. The van der Waals surface area contributed by atoms with Crippen LogP contribution < -0.4 is 5.73 Å². The Labute approximate surface area is 100 Å². The molecule has 6 heteroatoms. The lowest BCUT2D eigenvalue weighted by molar-refractivity contribution is -0.137. The van der Waals surface area contributed by atoms with Crippen molar-refractivity contribution < 1.29 is 18.0 Å². The average Bonchev–Trinajstić information content (AvgIpc) is 2.27. The van der Waals surface area contributed by atoms with Gasteiger partial charge in [-0.2, -0.15) is 13.2 Å². The smallest absolute Gasteiger partial charge is 0.369 e. The van der Waals surface area contributed by atoms with Crippen LogP contribution in [0, 0.1) is 0 Å². The molecule has 1 heterocycles. The first-order valence-electron chi connectivity index (χ1n) is 5.11. The molecular formula is C12H9F3N2O.